The first kappa shape index (κ1) is 15.6. The largest absolute Gasteiger partial charge is 0.480 e. The Hall–Kier alpha value is -1.83. The fourth-order valence-corrected chi connectivity index (χ4v) is 4.35. The summed E-state index contributed by atoms with van der Waals surface area (Å²) in [5, 5.41) is -0.796. The molecular formula is C13H18N2O5S. The molecule has 1 heterocycles. The summed E-state index contributed by atoms with van der Waals surface area (Å²) >= 11 is 0. The summed E-state index contributed by atoms with van der Waals surface area (Å²) in [5.41, 5.74) is 0.260. The van der Waals surface area contributed by atoms with E-state index < -0.39 is 27.2 Å². The number of hydrogen-bond acceptors (Lipinski definition) is 6. The van der Waals surface area contributed by atoms with E-state index in [2.05, 4.69) is 14.4 Å². The van der Waals surface area contributed by atoms with E-state index in [1.165, 1.54) is 20.4 Å². The third-order valence-electron chi connectivity index (χ3n) is 3.57. The quantitative estimate of drug-likeness (QED) is 0.820. The molecule has 1 aliphatic carbocycles. The molecule has 0 radical (unpaired) electrons. The summed E-state index contributed by atoms with van der Waals surface area (Å²) in [7, 11) is -1.05. The van der Waals surface area contributed by atoms with E-state index in [1.807, 2.05) is 0 Å². The van der Waals surface area contributed by atoms with Gasteiger partial charge in [-0.1, -0.05) is 6.42 Å². The van der Waals surface area contributed by atoms with Gasteiger partial charge in [-0.05, 0) is 25.0 Å². The van der Waals surface area contributed by atoms with Crippen LogP contribution < -0.4 is 9.46 Å². The predicted octanol–water partition coefficient (Wildman–Crippen LogP) is 1.17. The van der Waals surface area contributed by atoms with Crippen molar-refractivity contribution in [3.8, 4) is 5.88 Å². The van der Waals surface area contributed by atoms with Crippen LogP contribution in [0.25, 0.3) is 0 Å². The Morgan fingerprint density at radius 2 is 2.14 bits per heavy atom. The molecule has 116 valence electrons. The third-order valence-corrected chi connectivity index (χ3v) is 5.44. The van der Waals surface area contributed by atoms with Crippen LogP contribution >= 0.6 is 0 Å². The summed E-state index contributed by atoms with van der Waals surface area (Å²) in [6.45, 7) is 0. The number of carbonyl (C=O) groups excluding carboxylic acids is 1. The van der Waals surface area contributed by atoms with Crippen molar-refractivity contribution in [3.63, 3.8) is 0 Å². The molecule has 0 aliphatic heterocycles. The summed E-state index contributed by atoms with van der Waals surface area (Å²) in [4.78, 5) is 15.6. The highest BCUT2D eigenvalue weighted by Crippen LogP contribution is 2.34. The van der Waals surface area contributed by atoms with Crippen molar-refractivity contribution >= 4 is 21.7 Å². The maximum atomic E-state index is 12.5. The number of esters is 1. The number of nitrogens with zero attached hydrogens (tertiary/aromatic N) is 1. The maximum absolute atomic E-state index is 12.5. The number of carbonyl (C=O) groups is 1. The molecule has 0 amide bonds. The Bertz CT molecular complexity index is 617. The summed E-state index contributed by atoms with van der Waals surface area (Å²) < 4.78 is 37.2. The Kier molecular flexibility index (Phi) is 4.66. The van der Waals surface area contributed by atoms with Crippen LogP contribution in [0, 0.1) is 5.92 Å². The van der Waals surface area contributed by atoms with E-state index in [0.717, 1.165) is 0 Å². The third kappa shape index (κ3) is 3.26. The minimum atomic E-state index is -3.72. The van der Waals surface area contributed by atoms with Gasteiger partial charge in [0.25, 0.3) is 0 Å². The molecule has 0 bridgehead atoms. The lowest BCUT2D eigenvalue weighted by Gasteiger charge is -2.19. The molecule has 1 N–H and O–H groups in total. The average Bonchev–Trinajstić information content (AvgIpc) is 2.97. The molecular weight excluding hydrogens is 296 g/mol. The Morgan fingerprint density at radius 1 is 1.38 bits per heavy atom. The molecule has 0 aromatic carbocycles. The molecule has 7 nitrogen and oxygen atoms in total. The van der Waals surface area contributed by atoms with Crippen molar-refractivity contribution in [2.24, 2.45) is 5.92 Å². The molecule has 8 heteroatoms. The van der Waals surface area contributed by atoms with Crippen molar-refractivity contribution in [1.82, 2.24) is 4.98 Å². The van der Waals surface area contributed by atoms with E-state index in [9.17, 15) is 13.2 Å². The molecule has 1 fully saturated rings. The number of methoxy groups -OCH3 is 2. The standard InChI is InChI=1S/C13H18N2O5S/c1-19-12-10(6-4-8-14-12)15-21(17,18)11-7-3-5-9(11)13(16)20-2/h4,6,8-9,11,15H,3,5,7H2,1-2H3. The van der Waals surface area contributed by atoms with Crippen molar-refractivity contribution < 1.29 is 22.7 Å². The number of ether oxygens (including phenoxy) is 2. The monoisotopic (exact) mass is 314 g/mol. The lowest BCUT2D eigenvalue weighted by molar-refractivity contribution is -0.145. The first-order valence-corrected chi connectivity index (χ1v) is 8.12. The number of sulfonamides is 1. The summed E-state index contributed by atoms with van der Waals surface area (Å²) in [6, 6.07) is 3.16. The lowest BCUT2D eigenvalue weighted by Crippen LogP contribution is -2.35. The number of pyridine rings is 1. The Balaban J connectivity index is 2.24. The van der Waals surface area contributed by atoms with Gasteiger partial charge in [0.2, 0.25) is 15.9 Å². The molecule has 2 atom stereocenters. The van der Waals surface area contributed by atoms with Crippen LogP contribution in [0.15, 0.2) is 18.3 Å². The molecule has 21 heavy (non-hydrogen) atoms. The van der Waals surface area contributed by atoms with Crippen molar-refractivity contribution in [2.75, 3.05) is 18.9 Å². The maximum Gasteiger partial charge on any atom is 0.310 e. The zero-order chi connectivity index (χ0) is 15.5. The van der Waals surface area contributed by atoms with Crippen molar-refractivity contribution in [1.29, 1.82) is 0 Å². The highest BCUT2D eigenvalue weighted by Gasteiger charge is 2.42. The number of anilines is 1. The molecule has 2 unspecified atom stereocenters. The van der Waals surface area contributed by atoms with Crippen LogP contribution in [0.1, 0.15) is 19.3 Å². The van der Waals surface area contributed by atoms with Gasteiger partial charge in [-0.3, -0.25) is 9.52 Å². The normalized spacial score (nSPS) is 21.8. The number of aromatic nitrogens is 1. The second-order valence-corrected chi connectivity index (χ2v) is 6.71. The number of rotatable bonds is 5. The topological polar surface area (TPSA) is 94.6 Å². The molecule has 1 aromatic heterocycles. The summed E-state index contributed by atoms with van der Waals surface area (Å²) in [6.07, 6.45) is 3.12. The van der Waals surface area contributed by atoms with E-state index in [1.54, 1.807) is 12.1 Å². The van der Waals surface area contributed by atoms with Gasteiger partial charge in [0.05, 0.1) is 25.4 Å². The van der Waals surface area contributed by atoms with Crippen LogP contribution in [0.3, 0.4) is 0 Å². The fourth-order valence-electron chi connectivity index (χ4n) is 2.58. The van der Waals surface area contributed by atoms with Gasteiger partial charge in [-0.2, -0.15) is 0 Å². The zero-order valence-electron chi connectivity index (χ0n) is 11.9. The van der Waals surface area contributed by atoms with Gasteiger partial charge in [0.1, 0.15) is 5.69 Å². The van der Waals surface area contributed by atoms with E-state index in [4.69, 9.17) is 4.74 Å². The lowest BCUT2D eigenvalue weighted by atomic mass is 10.1. The van der Waals surface area contributed by atoms with Crippen molar-refractivity contribution in [2.45, 2.75) is 24.5 Å². The average molecular weight is 314 g/mol. The van der Waals surface area contributed by atoms with Crippen LogP contribution in [0.2, 0.25) is 0 Å². The highest BCUT2D eigenvalue weighted by atomic mass is 32.2. The van der Waals surface area contributed by atoms with Crippen LogP contribution in [-0.4, -0.2) is 38.8 Å². The first-order chi connectivity index (χ1) is 9.99. The van der Waals surface area contributed by atoms with Gasteiger partial charge < -0.3 is 9.47 Å². The second kappa shape index (κ2) is 6.30. The Labute approximate surface area is 123 Å². The molecule has 1 aliphatic rings. The Morgan fingerprint density at radius 3 is 2.81 bits per heavy atom. The molecule has 0 saturated heterocycles. The molecule has 0 spiro atoms. The molecule has 2 rings (SSSR count). The van der Waals surface area contributed by atoms with E-state index in [0.29, 0.717) is 19.3 Å². The second-order valence-electron chi connectivity index (χ2n) is 4.81. The molecule has 1 aromatic rings. The minimum absolute atomic E-state index is 0.189. The molecule has 1 saturated carbocycles. The smallest absolute Gasteiger partial charge is 0.310 e. The van der Waals surface area contributed by atoms with Crippen LogP contribution in [0.4, 0.5) is 5.69 Å². The van der Waals surface area contributed by atoms with Crippen LogP contribution in [0.5, 0.6) is 5.88 Å². The van der Waals surface area contributed by atoms with Crippen LogP contribution in [-0.2, 0) is 19.6 Å². The van der Waals surface area contributed by atoms with E-state index in [-0.39, 0.29) is 11.6 Å². The minimum Gasteiger partial charge on any atom is -0.480 e. The van der Waals surface area contributed by atoms with Gasteiger partial charge in [-0.25, -0.2) is 13.4 Å². The first-order valence-electron chi connectivity index (χ1n) is 6.58. The predicted molar refractivity (Wildman–Crippen MR) is 76.5 cm³/mol. The van der Waals surface area contributed by atoms with Crippen molar-refractivity contribution in [3.05, 3.63) is 18.3 Å². The highest BCUT2D eigenvalue weighted by molar-refractivity contribution is 7.93. The van der Waals surface area contributed by atoms with E-state index >= 15 is 0 Å². The van der Waals surface area contributed by atoms with Gasteiger partial charge >= 0.3 is 5.97 Å². The number of nitrogens with one attached hydrogen (secondary N) is 1. The fraction of sp³-hybridized carbons (Fsp3) is 0.538. The summed E-state index contributed by atoms with van der Waals surface area (Å²) in [5.74, 6) is -0.926. The number of hydrogen-bond donors (Lipinski definition) is 1. The SMILES string of the molecule is COC(=O)C1CCCC1S(=O)(=O)Nc1cccnc1OC. The van der Waals surface area contributed by atoms with Gasteiger partial charge in [0.15, 0.2) is 0 Å². The van der Waals surface area contributed by atoms with Gasteiger partial charge in [-0.15, -0.1) is 0 Å². The zero-order valence-corrected chi connectivity index (χ0v) is 12.7. The van der Waals surface area contributed by atoms with Gasteiger partial charge in [0, 0.05) is 6.20 Å².